The van der Waals surface area contributed by atoms with Gasteiger partial charge in [-0.2, -0.15) is 0 Å². The molecule has 2 N–H and O–H groups in total. The van der Waals surface area contributed by atoms with Crippen molar-refractivity contribution in [2.45, 2.75) is 0 Å². The highest BCUT2D eigenvalue weighted by atomic mass is 16.5. The molecule has 20 heavy (non-hydrogen) atoms. The first-order valence-corrected chi connectivity index (χ1v) is 5.60. The van der Waals surface area contributed by atoms with Gasteiger partial charge in [-0.3, -0.25) is 9.32 Å². The van der Waals surface area contributed by atoms with Crippen molar-refractivity contribution in [3.05, 3.63) is 45.9 Å². The van der Waals surface area contributed by atoms with Crippen molar-refractivity contribution in [2.24, 2.45) is 7.05 Å². The topological polar surface area (TPSA) is 105 Å². The fourth-order valence-corrected chi connectivity index (χ4v) is 1.65. The highest BCUT2D eigenvalue weighted by Crippen LogP contribution is 2.16. The van der Waals surface area contributed by atoms with Crippen molar-refractivity contribution in [3.63, 3.8) is 0 Å². The first kappa shape index (κ1) is 13.5. The molecule has 0 saturated carbocycles. The van der Waals surface area contributed by atoms with Crippen LogP contribution in [0.3, 0.4) is 0 Å². The number of ether oxygens (including phenoxy) is 1. The number of methoxy groups -OCH3 is 1. The van der Waals surface area contributed by atoms with E-state index in [-0.39, 0.29) is 16.9 Å². The van der Waals surface area contributed by atoms with Crippen molar-refractivity contribution in [1.82, 2.24) is 5.27 Å². The lowest BCUT2D eigenvalue weighted by atomic mass is 10.1. The number of benzene rings is 1. The second-order valence-corrected chi connectivity index (χ2v) is 3.88. The Morgan fingerprint density at radius 3 is 2.65 bits per heavy atom. The largest absolute Gasteiger partial charge is 0.465 e. The molecule has 0 unspecified atom stereocenters. The lowest BCUT2D eigenvalue weighted by Gasteiger charge is -2.07. The number of aromatic amines is 1. The number of aryl methyl sites for hydroxylation is 1. The van der Waals surface area contributed by atoms with Gasteiger partial charge in [0.2, 0.25) is 0 Å². The van der Waals surface area contributed by atoms with E-state index in [4.69, 9.17) is 0 Å². The Bertz CT molecular complexity index is 716. The Balaban J connectivity index is 2.34. The molecule has 0 aliphatic heterocycles. The van der Waals surface area contributed by atoms with E-state index in [1.807, 2.05) is 0 Å². The number of esters is 1. The average molecular weight is 278 g/mol. The Labute approximate surface area is 112 Å². The fraction of sp³-hybridized carbons (Fsp3) is 0.167. The minimum absolute atomic E-state index is 0.186. The van der Waals surface area contributed by atoms with Crippen LogP contribution in [0.15, 0.2) is 33.6 Å². The number of hydrogen-bond donors (Lipinski definition) is 2. The van der Waals surface area contributed by atoms with Gasteiger partial charge in [0.25, 0.3) is 0 Å². The van der Waals surface area contributed by atoms with Gasteiger partial charge in [0, 0.05) is 0 Å². The molecule has 104 valence electrons. The molecule has 1 aromatic heterocycles. The summed E-state index contributed by atoms with van der Waals surface area (Å²) in [6.07, 6.45) is 0. The number of anilines is 1. The van der Waals surface area contributed by atoms with Crippen LogP contribution in [0, 0.1) is 0 Å². The standard InChI is InChI=1S/C12H11N3O5/c1-15-9(12(18)20-14-15)10(16)13-8-6-4-3-5-7(8)11(17)19-2/h3-6H,1-2H3,(H-,13,14,16,17,18)/p+1. The second kappa shape index (κ2) is 5.39. The summed E-state index contributed by atoms with van der Waals surface area (Å²) in [5.41, 5.74) is -0.596. The summed E-state index contributed by atoms with van der Waals surface area (Å²) in [7, 11) is 2.69. The van der Waals surface area contributed by atoms with Crippen LogP contribution < -0.4 is 15.6 Å². The zero-order chi connectivity index (χ0) is 14.7. The quantitative estimate of drug-likeness (QED) is 0.599. The van der Waals surface area contributed by atoms with Crippen LogP contribution >= 0.6 is 0 Å². The summed E-state index contributed by atoms with van der Waals surface area (Å²) in [6.45, 7) is 0. The molecule has 0 spiro atoms. The van der Waals surface area contributed by atoms with E-state index < -0.39 is 17.5 Å². The van der Waals surface area contributed by atoms with Crippen LogP contribution in [0.25, 0.3) is 0 Å². The van der Waals surface area contributed by atoms with Gasteiger partial charge in [-0.05, 0) is 17.4 Å². The van der Waals surface area contributed by atoms with Crippen LogP contribution in [0.1, 0.15) is 20.8 Å². The van der Waals surface area contributed by atoms with Crippen molar-refractivity contribution < 1.29 is 23.5 Å². The first-order chi connectivity index (χ1) is 9.54. The van der Waals surface area contributed by atoms with Gasteiger partial charge in [0.05, 0.1) is 18.4 Å². The number of amides is 1. The summed E-state index contributed by atoms with van der Waals surface area (Å²) in [5, 5.41) is 4.70. The van der Waals surface area contributed by atoms with Crippen molar-refractivity contribution >= 4 is 17.6 Å². The predicted molar refractivity (Wildman–Crippen MR) is 66.2 cm³/mol. The van der Waals surface area contributed by atoms with E-state index in [1.54, 1.807) is 12.1 Å². The number of H-pyrrole nitrogens is 1. The molecule has 0 atom stereocenters. The lowest BCUT2D eigenvalue weighted by Crippen LogP contribution is -2.41. The zero-order valence-electron chi connectivity index (χ0n) is 10.8. The number of aromatic nitrogens is 2. The van der Waals surface area contributed by atoms with E-state index in [9.17, 15) is 14.4 Å². The number of nitrogens with zero attached hydrogens (tertiary/aromatic N) is 1. The van der Waals surface area contributed by atoms with Crippen LogP contribution in [-0.4, -0.2) is 24.3 Å². The Hall–Kier alpha value is -2.90. The molecule has 1 heterocycles. The third-order valence-electron chi connectivity index (χ3n) is 2.60. The smallest absolute Gasteiger partial charge is 0.440 e. The third-order valence-corrected chi connectivity index (χ3v) is 2.60. The van der Waals surface area contributed by atoms with Crippen molar-refractivity contribution in [3.8, 4) is 0 Å². The molecule has 1 amide bonds. The molecule has 0 aliphatic rings. The van der Waals surface area contributed by atoms with Crippen LogP contribution in [-0.2, 0) is 11.8 Å². The predicted octanol–water partition coefficient (Wildman–Crippen LogP) is -0.169. The summed E-state index contributed by atoms with van der Waals surface area (Å²) < 4.78 is 10.2. The SMILES string of the molecule is COC(=O)c1ccccc1NC(=O)c1c(=O)o[nH][n+]1C. The highest BCUT2D eigenvalue weighted by Gasteiger charge is 2.27. The Kier molecular flexibility index (Phi) is 3.65. The number of para-hydroxylation sites is 1. The van der Waals surface area contributed by atoms with Crippen molar-refractivity contribution in [2.75, 3.05) is 12.4 Å². The molecule has 2 rings (SSSR count). The van der Waals surface area contributed by atoms with E-state index in [2.05, 4.69) is 19.8 Å². The maximum atomic E-state index is 12.0. The normalized spacial score (nSPS) is 10.1. The molecule has 2 aromatic rings. The maximum Gasteiger partial charge on any atom is 0.440 e. The van der Waals surface area contributed by atoms with Gasteiger partial charge in [0.15, 0.2) is 7.05 Å². The van der Waals surface area contributed by atoms with E-state index in [0.717, 1.165) is 4.68 Å². The number of hydrogen-bond acceptors (Lipinski definition) is 5. The summed E-state index contributed by atoms with van der Waals surface area (Å²) >= 11 is 0. The number of carbonyl (C=O) groups excluding carboxylic acids is 2. The van der Waals surface area contributed by atoms with Gasteiger partial charge in [0.1, 0.15) is 0 Å². The van der Waals surface area contributed by atoms with E-state index in [1.165, 1.54) is 26.3 Å². The number of rotatable bonds is 3. The minimum Gasteiger partial charge on any atom is -0.465 e. The molecule has 8 nitrogen and oxygen atoms in total. The highest BCUT2D eigenvalue weighted by molar-refractivity contribution is 6.06. The summed E-state index contributed by atoms with van der Waals surface area (Å²) in [5.74, 6) is -1.29. The molecule has 0 fully saturated rings. The minimum atomic E-state index is -0.805. The molecular formula is C12H12N3O5+. The molecule has 1 aromatic carbocycles. The Morgan fingerprint density at radius 2 is 2.05 bits per heavy atom. The monoisotopic (exact) mass is 278 g/mol. The van der Waals surface area contributed by atoms with Gasteiger partial charge in [-0.1, -0.05) is 16.8 Å². The third kappa shape index (κ3) is 2.44. The molecule has 0 saturated heterocycles. The average Bonchev–Trinajstić information content (AvgIpc) is 2.78. The van der Waals surface area contributed by atoms with Crippen molar-refractivity contribution in [1.29, 1.82) is 0 Å². The fourth-order valence-electron chi connectivity index (χ4n) is 1.65. The molecule has 8 heteroatoms. The maximum absolute atomic E-state index is 12.0. The van der Waals surface area contributed by atoms with Gasteiger partial charge < -0.3 is 10.1 Å². The first-order valence-electron chi connectivity index (χ1n) is 5.60. The van der Waals surface area contributed by atoms with Crippen LogP contribution in [0.2, 0.25) is 0 Å². The van der Waals surface area contributed by atoms with Gasteiger partial charge in [-0.15, -0.1) is 0 Å². The zero-order valence-corrected chi connectivity index (χ0v) is 10.8. The molecule has 0 aliphatic carbocycles. The number of carbonyl (C=O) groups is 2. The van der Waals surface area contributed by atoms with Gasteiger partial charge >= 0.3 is 23.2 Å². The molecule has 0 bridgehead atoms. The van der Waals surface area contributed by atoms with Crippen LogP contribution in [0.5, 0.6) is 0 Å². The lowest BCUT2D eigenvalue weighted by molar-refractivity contribution is -0.741. The number of nitrogens with one attached hydrogen (secondary N) is 2. The summed E-state index contributed by atoms with van der Waals surface area (Å²) in [6, 6.07) is 6.30. The Morgan fingerprint density at radius 1 is 1.35 bits per heavy atom. The van der Waals surface area contributed by atoms with E-state index in [0.29, 0.717) is 0 Å². The van der Waals surface area contributed by atoms with Gasteiger partial charge in [-0.25, -0.2) is 9.59 Å². The van der Waals surface area contributed by atoms with E-state index >= 15 is 0 Å². The van der Waals surface area contributed by atoms with Crippen LogP contribution in [0.4, 0.5) is 5.69 Å². The second-order valence-electron chi connectivity index (χ2n) is 3.88. The molecule has 0 radical (unpaired) electrons. The molecular weight excluding hydrogens is 266 g/mol. The summed E-state index contributed by atoms with van der Waals surface area (Å²) in [4.78, 5) is 35.0.